The van der Waals surface area contributed by atoms with E-state index in [9.17, 15) is 8.78 Å². The van der Waals surface area contributed by atoms with E-state index in [-0.39, 0.29) is 12.5 Å². The molecule has 0 atom stereocenters. The van der Waals surface area contributed by atoms with Gasteiger partial charge in [0.25, 0.3) is 0 Å². The molecule has 0 aliphatic carbocycles. The third-order valence-electron chi connectivity index (χ3n) is 5.50. The van der Waals surface area contributed by atoms with Gasteiger partial charge in [0.05, 0.1) is 18.4 Å². The lowest BCUT2D eigenvalue weighted by atomic mass is 10.1. The van der Waals surface area contributed by atoms with E-state index in [4.69, 9.17) is 9.47 Å². The number of hydrogen-bond donors (Lipinski definition) is 0. The standard InChI is InChI=1S/C24H31F2N5O2SSi/c1-5-34-18-7-8-21(33-24(25)26)19(15-18)23-20(30-12-9-22-27-10-6-11-31(22)30)16-28-29(23)17-32-13-14-35(2,3)4/h6-11,15-16,24H,5,12-14,17H2,1-4H3. The summed E-state index contributed by atoms with van der Waals surface area (Å²) in [5.74, 6) is 1.76. The average Bonchev–Trinajstić information content (AvgIpc) is 3.41. The van der Waals surface area contributed by atoms with Crippen LogP contribution in [0.15, 0.2) is 58.5 Å². The van der Waals surface area contributed by atoms with Crippen molar-refractivity contribution in [2.45, 2.75) is 50.8 Å². The SMILES string of the molecule is CCSc1ccc(OC(F)F)c(-c2c(N3CC=C4N=CC=CN43)cnn2COCC[Si](C)(C)C)c1. The number of alkyl halides is 2. The van der Waals surface area contributed by atoms with Crippen molar-refractivity contribution in [1.82, 2.24) is 14.8 Å². The Morgan fingerprint density at radius 3 is 2.80 bits per heavy atom. The zero-order chi connectivity index (χ0) is 25.0. The number of hydrogen-bond acceptors (Lipinski definition) is 7. The maximum atomic E-state index is 13.4. The lowest BCUT2D eigenvalue weighted by Crippen LogP contribution is -2.34. The Morgan fingerprint density at radius 2 is 2.06 bits per heavy atom. The summed E-state index contributed by atoms with van der Waals surface area (Å²) in [6, 6.07) is 6.32. The minimum Gasteiger partial charge on any atom is -0.434 e. The molecular weight excluding hydrogens is 488 g/mol. The van der Waals surface area contributed by atoms with Gasteiger partial charge in [0, 0.05) is 37.6 Å². The first-order chi connectivity index (χ1) is 16.8. The number of fused-ring (bicyclic) bond motifs is 1. The van der Waals surface area contributed by atoms with E-state index >= 15 is 0 Å². The van der Waals surface area contributed by atoms with Crippen LogP contribution in [0.2, 0.25) is 25.7 Å². The van der Waals surface area contributed by atoms with Crippen LogP contribution in [0.5, 0.6) is 5.75 Å². The lowest BCUT2D eigenvalue weighted by molar-refractivity contribution is -0.0495. The van der Waals surface area contributed by atoms with Gasteiger partial charge in [-0.15, -0.1) is 11.8 Å². The minimum atomic E-state index is -2.94. The summed E-state index contributed by atoms with van der Waals surface area (Å²) >= 11 is 1.64. The Balaban J connectivity index is 1.74. The summed E-state index contributed by atoms with van der Waals surface area (Å²) in [7, 11) is -1.26. The molecule has 0 fully saturated rings. The first-order valence-electron chi connectivity index (χ1n) is 11.6. The molecule has 35 heavy (non-hydrogen) atoms. The van der Waals surface area contributed by atoms with Crippen LogP contribution in [0.1, 0.15) is 6.92 Å². The van der Waals surface area contributed by atoms with Crippen molar-refractivity contribution < 1.29 is 18.3 Å². The van der Waals surface area contributed by atoms with Gasteiger partial charge in [0.2, 0.25) is 0 Å². The van der Waals surface area contributed by atoms with Crippen molar-refractivity contribution in [2.24, 2.45) is 4.99 Å². The number of thioether (sulfide) groups is 1. The minimum absolute atomic E-state index is 0.102. The van der Waals surface area contributed by atoms with Crippen LogP contribution >= 0.6 is 11.8 Å². The molecule has 0 spiro atoms. The Kier molecular flexibility index (Phi) is 7.97. The van der Waals surface area contributed by atoms with Crippen LogP contribution in [0, 0.1) is 0 Å². The number of anilines is 1. The number of benzene rings is 1. The Bertz CT molecular complexity index is 1130. The van der Waals surface area contributed by atoms with Crippen molar-refractivity contribution in [3.63, 3.8) is 0 Å². The molecular formula is C24H31F2N5O2SSi. The third kappa shape index (κ3) is 6.14. The van der Waals surface area contributed by atoms with Crippen LogP contribution in [-0.4, -0.2) is 54.6 Å². The quantitative estimate of drug-likeness (QED) is 0.205. The normalized spacial score (nSPS) is 15.2. The molecule has 11 heteroatoms. The highest BCUT2D eigenvalue weighted by atomic mass is 32.2. The van der Waals surface area contributed by atoms with Crippen molar-refractivity contribution in [3.8, 4) is 17.0 Å². The number of halogens is 2. The van der Waals surface area contributed by atoms with Gasteiger partial charge in [0.15, 0.2) is 0 Å². The highest BCUT2D eigenvalue weighted by Crippen LogP contribution is 2.42. The molecule has 0 bridgehead atoms. The second-order valence-electron chi connectivity index (χ2n) is 9.30. The topological polar surface area (TPSA) is 55.1 Å². The molecule has 7 nitrogen and oxygen atoms in total. The monoisotopic (exact) mass is 519 g/mol. The summed E-state index contributed by atoms with van der Waals surface area (Å²) < 4.78 is 39.4. The summed E-state index contributed by atoms with van der Waals surface area (Å²) in [5.41, 5.74) is 1.96. The maximum absolute atomic E-state index is 13.4. The Labute approximate surface area is 210 Å². The Hall–Kier alpha value is -2.63. The number of aliphatic imine (C=N–C) groups is 1. The van der Waals surface area contributed by atoms with E-state index in [1.165, 1.54) is 0 Å². The lowest BCUT2D eigenvalue weighted by Gasteiger charge is -2.30. The molecule has 4 rings (SSSR count). The van der Waals surface area contributed by atoms with Crippen molar-refractivity contribution >= 4 is 31.7 Å². The number of aromatic nitrogens is 2. The third-order valence-corrected chi connectivity index (χ3v) is 8.08. The van der Waals surface area contributed by atoms with Crippen LogP contribution in [0.25, 0.3) is 11.3 Å². The number of hydrazine groups is 1. The molecule has 0 radical (unpaired) electrons. The fraction of sp³-hybridized carbons (Fsp3) is 0.417. The van der Waals surface area contributed by atoms with E-state index in [0.717, 1.165) is 28.2 Å². The molecule has 0 unspecified atom stereocenters. The second-order valence-corrected chi connectivity index (χ2v) is 16.3. The van der Waals surface area contributed by atoms with Crippen LogP contribution in [0.4, 0.5) is 14.5 Å². The zero-order valence-corrected chi connectivity index (χ0v) is 22.3. The highest BCUT2D eigenvalue weighted by Gasteiger charge is 2.30. The maximum Gasteiger partial charge on any atom is 0.387 e. The fourth-order valence-electron chi connectivity index (χ4n) is 3.81. The largest absolute Gasteiger partial charge is 0.434 e. The molecule has 0 amide bonds. The van der Waals surface area contributed by atoms with Gasteiger partial charge in [0.1, 0.15) is 24.0 Å². The summed E-state index contributed by atoms with van der Waals surface area (Å²) in [5, 5.41) is 8.54. The van der Waals surface area contributed by atoms with Gasteiger partial charge in [-0.2, -0.15) is 13.9 Å². The molecule has 1 aromatic carbocycles. The van der Waals surface area contributed by atoms with Crippen LogP contribution in [-0.2, 0) is 11.5 Å². The Morgan fingerprint density at radius 1 is 1.23 bits per heavy atom. The second kappa shape index (κ2) is 11.0. The number of rotatable bonds is 11. The van der Waals surface area contributed by atoms with E-state index in [0.29, 0.717) is 24.4 Å². The number of nitrogens with zero attached hydrogens (tertiary/aromatic N) is 5. The first-order valence-corrected chi connectivity index (χ1v) is 16.3. The molecule has 2 aromatic rings. The molecule has 1 aromatic heterocycles. The molecule has 2 aliphatic rings. The van der Waals surface area contributed by atoms with E-state index in [1.807, 2.05) is 34.4 Å². The molecule has 3 heterocycles. The van der Waals surface area contributed by atoms with E-state index in [2.05, 4.69) is 36.7 Å². The predicted molar refractivity (Wildman–Crippen MR) is 140 cm³/mol. The summed E-state index contributed by atoms with van der Waals surface area (Å²) in [6.07, 6.45) is 9.25. The van der Waals surface area contributed by atoms with Gasteiger partial charge >= 0.3 is 6.61 Å². The first kappa shape index (κ1) is 25.5. The predicted octanol–water partition coefficient (Wildman–Crippen LogP) is 6.05. The average molecular weight is 520 g/mol. The zero-order valence-electron chi connectivity index (χ0n) is 20.4. The van der Waals surface area contributed by atoms with Crippen molar-refractivity contribution in [1.29, 1.82) is 0 Å². The van der Waals surface area contributed by atoms with Gasteiger partial charge in [-0.25, -0.2) is 14.7 Å². The summed E-state index contributed by atoms with van der Waals surface area (Å²) in [4.78, 5) is 5.38. The van der Waals surface area contributed by atoms with E-state index < -0.39 is 14.7 Å². The van der Waals surface area contributed by atoms with Gasteiger partial charge in [-0.3, -0.25) is 5.01 Å². The van der Waals surface area contributed by atoms with Gasteiger partial charge in [-0.05, 0) is 42.1 Å². The van der Waals surface area contributed by atoms with Gasteiger partial charge in [-0.1, -0.05) is 26.6 Å². The summed E-state index contributed by atoms with van der Waals surface area (Å²) in [6.45, 7) is 7.40. The van der Waals surface area contributed by atoms with Crippen LogP contribution < -0.4 is 9.75 Å². The van der Waals surface area contributed by atoms with Crippen LogP contribution in [0.3, 0.4) is 0 Å². The molecule has 0 N–H and O–H groups in total. The van der Waals surface area contributed by atoms with Crippen molar-refractivity contribution in [2.75, 3.05) is 23.9 Å². The number of allylic oxidation sites excluding steroid dienone is 1. The van der Waals surface area contributed by atoms with E-state index in [1.54, 1.807) is 41.0 Å². The number of ether oxygens (including phenoxy) is 2. The molecule has 0 saturated carbocycles. The molecule has 188 valence electrons. The van der Waals surface area contributed by atoms with Gasteiger partial charge < -0.3 is 9.47 Å². The van der Waals surface area contributed by atoms with Crippen molar-refractivity contribution in [3.05, 3.63) is 48.6 Å². The molecule has 2 aliphatic heterocycles. The fourth-order valence-corrected chi connectivity index (χ4v) is 5.27. The molecule has 0 saturated heterocycles. The highest BCUT2D eigenvalue weighted by molar-refractivity contribution is 7.99. The smallest absolute Gasteiger partial charge is 0.387 e.